The summed E-state index contributed by atoms with van der Waals surface area (Å²) in [4.78, 5) is 2.57. The van der Waals surface area contributed by atoms with Crippen molar-refractivity contribution in [1.29, 1.82) is 0 Å². The Labute approximate surface area is 130 Å². The van der Waals surface area contributed by atoms with Gasteiger partial charge >= 0.3 is 0 Å². The predicted molar refractivity (Wildman–Crippen MR) is 93.1 cm³/mol. The number of hydrogen-bond acceptors (Lipinski definition) is 2. The monoisotopic (exact) mass is 288 g/mol. The second-order valence-electron chi connectivity index (χ2n) is 6.46. The van der Waals surface area contributed by atoms with Crippen LogP contribution in [0, 0.1) is 6.92 Å². The number of anilines is 1. The molecular formula is C19H32N2. The molecule has 0 spiro atoms. The molecule has 1 N–H and O–H groups in total. The van der Waals surface area contributed by atoms with Crippen molar-refractivity contribution in [3.05, 3.63) is 29.3 Å². The highest BCUT2D eigenvalue weighted by molar-refractivity contribution is 5.50. The molecule has 0 atom stereocenters. The molecular weight excluding hydrogens is 256 g/mol. The molecule has 2 nitrogen and oxygen atoms in total. The average molecular weight is 288 g/mol. The van der Waals surface area contributed by atoms with Gasteiger partial charge in [0.15, 0.2) is 0 Å². The molecule has 2 heteroatoms. The van der Waals surface area contributed by atoms with Gasteiger partial charge in [-0.25, -0.2) is 0 Å². The molecule has 0 aliphatic heterocycles. The number of benzene rings is 1. The minimum atomic E-state index is 0.787. The smallest absolute Gasteiger partial charge is 0.0369 e. The van der Waals surface area contributed by atoms with E-state index in [9.17, 15) is 0 Å². The van der Waals surface area contributed by atoms with Gasteiger partial charge in [0.1, 0.15) is 0 Å². The maximum atomic E-state index is 3.62. The number of nitrogens with zero attached hydrogens (tertiary/aromatic N) is 1. The first-order valence-electron chi connectivity index (χ1n) is 8.82. The highest BCUT2D eigenvalue weighted by Gasteiger charge is 2.20. The van der Waals surface area contributed by atoms with Crippen LogP contribution in [0.3, 0.4) is 0 Å². The molecule has 1 saturated carbocycles. The van der Waals surface area contributed by atoms with E-state index in [1.54, 1.807) is 0 Å². The summed E-state index contributed by atoms with van der Waals surface area (Å²) in [5, 5.41) is 3.62. The Balaban J connectivity index is 1.99. The van der Waals surface area contributed by atoms with E-state index in [0.29, 0.717) is 0 Å². The van der Waals surface area contributed by atoms with E-state index in [0.717, 1.165) is 12.6 Å². The van der Waals surface area contributed by atoms with Gasteiger partial charge in [0.25, 0.3) is 0 Å². The van der Waals surface area contributed by atoms with Crippen molar-refractivity contribution in [2.45, 2.75) is 71.9 Å². The molecule has 21 heavy (non-hydrogen) atoms. The van der Waals surface area contributed by atoms with Crippen LogP contribution in [-0.2, 0) is 6.54 Å². The Hall–Kier alpha value is -1.02. The Morgan fingerprint density at radius 1 is 1.10 bits per heavy atom. The van der Waals surface area contributed by atoms with Crippen LogP contribution in [0.2, 0.25) is 0 Å². The predicted octanol–water partition coefficient (Wildman–Crippen LogP) is 4.65. The first-order valence-corrected chi connectivity index (χ1v) is 8.82. The van der Waals surface area contributed by atoms with Crippen LogP contribution in [0.5, 0.6) is 0 Å². The molecule has 1 aromatic rings. The summed E-state index contributed by atoms with van der Waals surface area (Å²) in [6.45, 7) is 10.2. The number of aryl methyl sites for hydroxylation is 1. The van der Waals surface area contributed by atoms with Gasteiger partial charge in [-0.05, 0) is 55.9 Å². The summed E-state index contributed by atoms with van der Waals surface area (Å²) in [5.41, 5.74) is 4.29. The highest BCUT2D eigenvalue weighted by Crippen LogP contribution is 2.23. The molecule has 0 aromatic heterocycles. The van der Waals surface area contributed by atoms with E-state index < -0.39 is 0 Å². The van der Waals surface area contributed by atoms with E-state index in [-0.39, 0.29) is 0 Å². The SMILES string of the molecule is CCCCN(CCCC)c1ccc(CNC2CC2)c(C)c1. The van der Waals surface area contributed by atoms with Crippen LogP contribution in [0.25, 0.3) is 0 Å². The number of unbranched alkanes of at least 4 members (excludes halogenated alkanes) is 2. The topological polar surface area (TPSA) is 15.3 Å². The molecule has 0 bridgehead atoms. The van der Waals surface area contributed by atoms with Crippen molar-refractivity contribution in [2.24, 2.45) is 0 Å². The summed E-state index contributed by atoms with van der Waals surface area (Å²) in [7, 11) is 0. The van der Waals surface area contributed by atoms with E-state index in [1.807, 2.05) is 0 Å². The van der Waals surface area contributed by atoms with Gasteiger partial charge in [0.05, 0.1) is 0 Å². The van der Waals surface area contributed by atoms with Gasteiger partial charge < -0.3 is 10.2 Å². The van der Waals surface area contributed by atoms with Gasteiger partial charge in [0, 0.05) is 31.4 Å². The summed E-state index contributed by atoms with van der Waals surface area (Å²) in [6, 6.07) is 7.82. The Morgan fingerprint density at radius 2 is 1.76 bits per heavy atom. The van der Waals surface area contributed by atoms with Gasteiger partial charge in [-0.2, -0.15) is 0 Å². The molecule has 1 fully saturated rings. The lowest BCUT2D eigenvalue weighted by molar-refractivity contribution is 0.674. The van der Waals surface area contributed by atoms with Crippen LogP contribution >= 0.6 is 0 Å². The van der Waals surface area contributed by atoms with E-state index in [2.05, 4.69) is 49.2 Å². The summed E-state index contributed by atoms with van der Waals surface area (Å²) < 4.78 is 0. The average Bonchev–Trinajstić information content (AvgIpc) is 3.30. The summed E-state index contributed by atoms with van der Waals surface area (Å²) in [6.07, 6.45) is 7.83. The zero-order valence-corrected chi connectivity index (χ0v) is 14.1. The normalized spacial score (nSPS) is 14.4. The van der Waals surface area contributed by atoms with Gasteiger partial charge in [-0.3, -0.25) is 0 Å². The molecule has 1 aliphatic carbocycles. The molecule has 0 saturated heterocycles. The quantitative estimate of drug-likeness (QED) is 0.674. The van der Waals surface area contributed by atoms with Crippen LogP contribution < -0.4 is 10.2 Å². The zero-order chi connectivity index (χ0) is 15.1. The van der Waals surface area contributed by atoms with Crippen molar-refractivity contribution in [1.82, 2.24) is 5.32 Å². The highest BCUT2D eigenvalue weighted by atomic mass is 15.1. The Morgan fingerprint density at radius 3 is 2.29 bits per heavy atom. The van der Waals surface area contributed by atoms with Crippen molar-refractivity contribution in [3.63, 3.8) is 0 Å². The van der Waals surface area contributed by atoms with Crippen LogP contribution in [0.4, 0.5) is 5.69 Å². The molecule has 0 amide bonds. The largest absolute Gasteiger partial charge is 0.372 e. The molecule has 1 aliphatic rings. The Kier molecular flexibility index (Phi) is 6.56. The summed E-state index contributed by atoms with van der Waals surface area (Å²) >= 11 is 0. The fraction of sp³-hybridized carbons (Fsp3) is 0.684. The van der Waals surface area contributed by atoms with Crippen LogP contribution in [0.15, 0.2) is 18.2 Å². The molecule has 2 rings (SSSR count). The van der Waals surface area contributed by atoms with E-state index in [4.69, 9.17) is 0 Å². The maximum Gasteiger partial charge on any atom is 0.0369 e. The lowest BCUT2D eigenvalue weighted by atomic mass is 10.1. The standard InChI is InChI=1S/C19H32N2/c1-4-6-12-21(13-7-5-2)19-11-8-17(16(3)14-19)15-20-18-9-10-18/h8,11,14,18,20H,4-7,9-10,12-13,15H2,1-3H3. The molecule has 0 unspecified atom stereocenters. The number of hydrogen-bond donors (Lipinski definition) is 1. The van der Waals surface area contributed by atoms with Crippen molar-refractivity contribution in [3.8, 4) is 0 Å². The van der Waals surface area contributed by atoms with Crippen LogP contribution in [0.1, 0.15) is 63.5 Å². The van der Waals surface area contributed by atoms with Crippen molar-refractivity contribution < 1.29 is 0 Å². The van der Waals surface area contributed by atoms with E-state index >= 15 is 0 Å². The van der Waals surface area contributed by atoms with Crippen molar-refractivity contribution >= 4 is 5.69 Å². The second-order valence-corrected chi connectivity index (χ2v) is 6.46. The fourth-order valence-corrected chi connectivity index (χ4v) is 2.68. The Bertz CT molecular complexity index is 416. The number of rotatable bonds is 10. The fourth-order valence-electron chi connectivity index (χ4n) is 2.68. The molecule has 0 radical (unpaired) electrons. The summed E-state index contributed by atoms with van der Waals surface area (Å²) in [5.74, 6) is 0. The molecule has 0 heterocycles. The number of nitrogens with one attached hydrogen (secondary N) is 1. The van der Waals surface area contributed by atoms with Gasteiger partial charge in [-0.1, -0.05) is 32.8 Å². The van der Waals surface area contributed by atoms with Crippen molar-refractivity contribution in [2.75, 3.05) is 18.0 Å². The van der Waals surface area contributed by atoms with Crippen LogP contribution in [-0.4, -0.2) is 19.1 Å². The minimum Gasteiger partial charge on any atom is -0.372 e. The lowest BCUT2D eigenvalue weighted by Crippen LogP contribution is -2.25. The minimum absolute atomic E-state index is 0.787. The van der Waals surface area contributed by atoms with Gasteiger partial charge in [-0.15, -0.1) is 0 Å². The van der Waals surface area contributed by atoms with Gasteiger partial charge in [0.2, 0.25) is 0 Å². The third kappa shape index (κ3) is 5.35. The first-order chi connectivity index (χ1) is 10.2. The molecule has 118 valence electrons. The lowest BCUT2D eigenvalue weighted by Gasteiger charge is -2.25. The third-order valence-electron chi connectivity index (χ3n) is 4.41. The second kappa shape index (κ2) is 8.43. The maximum absolute atomic E-state index is 3.62. The molecule has 1 aromatic carbocycles. The van der Waals surface area contributed by atoms with E-state index in [1.165, 1.54) is 68.4 Å². The zero-order valence-electron chi connectivity index (χ0n) is 14.1. The first kappa shape index (κ1) is 16.4. The third-order valence-corrected chi connectivity index (χ3v) is 4.41.